The van der Waals surface area contributed by atoms with Crippen molar-refractivity contribution >= 4 is 6.03 Å². The van der Waals surface area contributed by atoms with Crippen LogP contribution < -0.4 is 5.32 Å². The lowest BCUT2D eigenvalue weighted by atomic mass is 10.2. The monoisotopic (exact) mass is 300 g/mol. The standard InChI is InChI=1S/C15H20N6O/c1-11(14-19-17-10-20(14)2)18-15(22)21(13-3-4-13)9-12-5-7-16-8-6-12/h5-8,10-11,13H,3-4,9H2,1-2H3,(H,18,22)/t11-/m1/s1. The molecule has 0 aliphatic heterocycles. The number of nitrogens with zero attached hydrogens (tertiary/aromatic N) is 5. The predicted molar refractivity (Wildman–Crippen MR) is 80.8 cm³/mol. The van der Waals surface area contributed by atoms with E-state index in [2.05, 4.69) is 20.5 Å². The van der Waals surface area contributed by atoms with Gasteiger partial charge in [0.1, 0.15) is 6.33 Å². The van der Waals surface area contributed by atoms with Crippen LogP contribution in [0.5, 0.6) is 0 Å². The van der Waals surface area contributed by atoms with Crippen molar-refractivity contribution in [3.8, 4) is 0 Å². The molecule has 2 aromatic heterocycles. The van der Waals surface area contributed by atoms with Gasteiger partial charge in [0, 0.05) is 32.0 Å². The first-order valence-corrected chi connectivity index (χ1v) is 7.45. The third kappa shape index (κ3) is 3.24. The Morgan fingerprint density at radius 3 is 2.77 bits per heavy atom. The lowest BCUT2D eigenvalue weighted by Crippen LogP contribution is -2.42. The highest BCUT2D eigenvalue weighted by Gasteiger charge is 2.33. The molecule has 1 fully saturated rings. The summed E-state index contributed by atoms with van der Waals surface area (Å²) in [5.41, 5.74) is 1.09. The molecule has 0 bridgehead atoms. The van der Waals surface area contributed by atoms with Gasteiger partial charge >= 0.3 is 6.03 Å². The second-order valence-electron chi connectivity index (χ2n) is 5.69. The van der Waals surface area contributed by atoms with Crippen LogP contribution in [0.15, 0.2) is 30.9 Å². The number of aryl methyl sites for hydroxylation is 1. The van der Waals surface area contributed by atoms with E-state index in [9.17, 15) is 4.79 Å². The van der Waals surface area contributed by atoms with Gasteiger partial charge in [-0.25, -0.2) is 4.79 Å². The molecule has 0 saturated heterocycles. The zero-order valence-electron chi connectivity index (χ0n) is 12.8. The van der Waals surface area contributed by atoms with E-state index in [4.69, 9.17) is 0 Å². The summed E-state index contributed by atoms with van der Waals surface area (Å²) in [7, 11) is 1.87. The highest BCUT2D eigenvalue weighted by molar-refractivity contribution is 5.75. The molecule has 1 aliphatic rings. The van der Waals surface area contributed by atoms with Gasteiger partial charge in [-0.15, -0.1) is 10.2 Å². The zero-order valence-corrected chi connectivity index (χ0v) is 12.8. The molecule has 0 spiro atoms. The molecule has 2 amide bonds. The molecule has 2 heterocycles. The Bertz CT molecular complexity index is 636. The lowest BCUT2D eigenvalue weighted by molar-refractivity contribution is 0.188. The van der Waals surface area contributed by atoms with E-state index >= 15 is 0 Å². The Labute approximate surface area is 129 Å². The molecule has 3 rings (SSSR count). The number of hydrogen-bond acceptors (Lipinski definition) is 4. The maximum atomic E-state index is 12.6. The van der Waals surface area contributed by atoms with Crippen molar-refractivity contribution in [2.24, 2.45) is 7.05 Å². The second-order valence-corrected chi connectivity index (χ2v) is 5.69. The Balaban J connectivity index is 1.67. The summed E-state index contributed by atoms with van der Waals surface area (Å²) in [6.07, 6.45) is 7.27. The zero-order chi connectivity index (χ0) is 15.5. The van der Waals surface area contributed by atoms with Gasteiger partial charge in [-0.1, -0.05) is 0 Å². The molecule has 0 aromatic carbocycles. The molecule has 0 radical (unpaired) electrons. The van der Waals surface area contributed by atoms with Gasteiger partial charge in [-0.2, -0.15) is 0 Å². The first-order chi connectivity index (χ1) is 10.6. The van der Waals surface area contributed by atoms with E-state index in [-0.39, 0.29) is 12.1 Å². The van der Waals surface area contributed by atoms with Gasteiger partial charge in [0.2, 0.25) is 0 Å². The first kappa shape index (κ1) is 14.5. The maximum Gasteiger partial charge on any atom is 0.318 e. The van der Waals surface area contributed by atoms with Crippen LogP contribution in [0.25, 0.3) is 0 Å². The number of hydrogen-bond donors (Lipinski definition) is 1. The van der Waals surface area contributed by atoms with E-state index in [0.717, 1.165) is 24.2 Å². The summed E-state index contributed by atoms with van der Waals surface area (Å²) < 4.78 is 1.81. The molecule has 2 aromatic rings. The number of pyridine rings is 1. The van der Waals surface area contributed by atoms with Crippen molar-refractivity contribution in [3.63, 3.8) is 0 Å². The van der Waals surface area contributed by atoms with E-state index in [1.54, 1.807) is 18.7 Å². The number of carbonyl (C=O) groups excluding carboxylic acids is 1. The van der Waals surface area contributed by atoms with Crippen LogP contribution in [0.3, 0.4) is 0 Å². The highest BCUT2D eigenvalue weighted by atomic mass is 16.2. The summed E-state index contributed by atoms with van der Waals surface area (Å²) in [5, 5.41) is 10.9. The number of carbonyl (C=O) groups is 1. The number of urea groups is 1. The highest BCUT2D eigenvalue weighted by Crippen LogP contribution is 2.28. The molecular weight excluding hydrogens is 280 g/mol. The molecule has 7 nitrogen and oxygen atoms in total. The van der Waals surface area contributed by atoms with Crippen LogP contribution in [-0.4, -0.2) is 36.7 Å². The topological polar surface area (TPSA) is 75.9 Å². The second kappa shape index (κ2) is 6.13. The molecule has 1 N–H and O–H groups in total. The average Bonchev–Trinajstić information content (AvgIpc) is 3.26. The number of nitrogens with one attached hydrogen (secondary N) is 1. The summed E-state index contributed by atoms with van der Waals surface area (Å²) in [6.45, 7) is 2.52. The minimum absolute atomic E-state index is 0.0604. The molecule has 1 aliphatic carbocycles. The number of aromatic nitrogens is 4. The molecular formula is C15H20N6O. The first-order valence-electron chi connectivity index (χ1n) is 7.45. The van der Waals surface area contributed by atoms with E-state index in [1.165, 1.54) is 0 Å². The number of rotatable bonds is 5. The van der Waals surface area contributed by atoms with Crippen LogP contribution in [0.1, 0.15) is 37.2 Å². The fraction of sp³-hybridized carbons (Fsp3) is 0.467. The Hall–Kier alpha value is -2.44. The third-order valence-electron chi connectivity index (χ3n) is 3.82. The molecule has 1 atom stereocenters. The minimum atomic E-state index is -0.182. The summed E-state index contributed by atoms with van der Waals surface area (Å²) in [5.74, 6) is 0.744. The van der Waals surface area contributed by atoms with Gasteiger partial charge in [0.25, 0.3) is 0 Å². The quantitative estimate of drug-likeness (QED) is 0.911. The Kier molecular flexibility index (Phi) is 4.04. The van der Waals surface area contributed by atoms with Crippen molar-refractivity contribution in [2.75, 3.05) is 0 Å². The van der Waals surface area contributed by atoms with Gasteiger partial charge in [-0.3, -0.25) is 4.98 Å². The largest absolute Gasteiger partial charge is 0.328 e. The lowest BCUT2D eigenvalue weighted by Gasteiger charge is -2.25. The van der Waals surface area contributed by atoms with Gasteiger partial charge < -0.3 is 14.8 Å². The molecule has 116 valence electrons. The average molecular weight is 300 g/mol. The molecule has 0 unspecified atom stereocenters. The van der Waals surface area contributed by atoms with Gasteiger partial charge in [0.15, 0.2) is 5.82 Å². The minimum Gasteiger partial charge on any atom is -0.328 e. The van der Waals surface area contributed by atoms with E-state index in [0.29, 0.717) is 12.6 Å². The molecule has 7 heteroatoms. The summed E-state index contributed by atoms with van der Waals surface area (Å²) in [6, 6.07) is 3.97. The van der Waals surface area contributed by atoms with E-state index < -0.39 is 0 Å². The predicted octanol–water partition coefficient (Wildman–Crippen LogP) is 1.65. The SMILES string of the molecule is C[C@@H](NC(=O)N(Cc1ccncc1)C1CC1)c1nncn1C. The van der Waals surface area contributed by atoms with Crippen LogP contribution in [0.2, 0.25) is 0 Å². The van der Waals surface area contributed by atoms with E-state index in [1.807, 2.05) is 35.6 Å². The maximum absolute atomic E-state index is 12.6. The van der Waals surface area contributed by atoms with Crippen molar-refractivity contribution in [3.05, 3.63) is 42.2 Å². The van der Waals surface area contributed by atoms with Crippen LogP contribution in [-0.2, 0) is 13.6 Å². The van der Waals surface area contributed by atoms with Crippen molar-refractivity contribution < 1.29 is 4.79 Å². The third-order valence-corrected chi connectivity index (χ3v) is 3.82. The van der Waals surface area contributed by atoms with Crippen molar-refractivity contribution in [1.82, 2.24) is 30.0 Å². The summed E-state index contributed by atoms with van der Waals surface area (Å²) >= 11 is 0. The van der Waals surface area contributed by atoms with Crippen molar-refractivity contribution in [1.29, 1.82) is 0 Å². The number of amides is 2. The molecule has 1 saturated carbocycles. The Morgan fingerprint density at radius 1 is 1.45 bits per heavy atom. The Morgan fingerprint density at radius 2 is 2.18 bits per heavy atom. The van der Waals surface area contributed by atoms with Gasteiger partial charge in [-0.05, 0) is 37.5 Å². The molecule has 22 heavy (non-hydrogen) atoms. The fourth-order valence-corrected chi connectivity index (χ4v) is 2.45. The van der Waals surface area contributed by atoms with Crippen LogP contribution in [0.4, 0.5) is 4.79 Å². The van der Waals surface area contributed by atoms with Gasteiger partial charge in [0.05, 0.1) is 6.04 Å². The van der Waals surface area contributed by atoms with Crippen molar-refractivity contribution in [2.45, 2.75) is 38.4 Å². The fourth-order valence-electron chi connectivity index (χ4n) is 2.45. The summed E-state index contributed by atoms with van der Waals surface area (Å²) in [4.78, 5) is 18.5. The smallest absolute Gasteiger partial charge is 0.318 e. The van der Waals surface area contributed by atoms with Crippen LogP contribution >= 0.6 is 0 Å². The normalized spacial score (nSPS) is 15.4. The van der Waals surface area contributed by atoms with Crippen LogP contribution in [0, 0.1) is 0 Å².